The third-order valence-electron chi connectivity index (χ3n) is 1.57. The molecule has 0 aliphatic rings. The molecule has 0 unspecified atom stereocenters. The van der Waals surface area contributed by atoms with Crippen LogP contribution in [-0.4, -0.2) is 25.3 Å². The fourth-order valence-electron chi connectivity index (χ4n) is 0.509. The summed E-state index contributed by atoms with van der Waals surface area (Å²) in [7, 11) is 1.31. The van der Waals surface area contributed by atoms with Gasteiger partial charge in [0.05, 0.1) is 0 Å². The Labute approximate surface area is 97.4 Å². The highest BCUT2D eigenvalue weighted by atomic mass is 16.5. The maximum Gasteiger partial charge on any atom is 0.175 e. The van der Waals surface area contributed by atoms with Gasteiger partial charge >= 0.3 is 0 Å². The minimum atomic E-state index is -1.24. The van der Waals surface area contributed by atoms with Crippen LogP contribution in [0, 0.1) is 0 Å². The molecule has 0 aliphatic carbocycles. The number of hydrogen-bond acceptors (Lipinski definition) is 3. The maximum absolute atomic E-state index is 9.93. The van der Waals surface area contributed by atoms with Crippen molar-refractivity contribution in [3.05, 3.63) is 36.4 Å². The second-order valence-corrected chi connectivity index (χ2v) is 2.78. The van der Waals surface area contributed by atoms with Crippen LogP contribution in [0.3, 0.4) is 0 Å². The van der Waals surface area contributed by atoms with E-state index in [0.29, 0.717) is 12.6 Å². The zero-order valence-electron chi connectivity index (χ0n) is 10.3. The van der Waals surface area contributed by atoms with Crippen molar-refractivity contribution in [1.29, 1.82) is 0 Å². The molecular weight excluding hydrogens is 204 g/mol. The van der Waals surface area contributed by atoms with Crippen LogP contribution < -0.4 is 0 Å². The predicted molar refractivity (Wildman–Crippen MR) is 65.3 cm³/mol. The molecule has 0 heterocycles. The Hall–Kier alpha value is -1.48. The molecule has 0 spiro atoms. The van der Waals surface area contributed by atoms with Gasteiger partial charge in [0, 0.05) is 7.11 Å². The summed E-state index contributed by atoms with van der Waals surface area (Å²) in [5.74, 6) is 0. The summed E-state index contributed by atoms with van der Waals surface area (Å²) >= 11 is 0. The van der Waals surface area contributed by atoms with Crippen LogP contribution in [0.25, 0.3) is 0 Å². The lowest BCUT2D eigenvalue weighted by Gasteiger charge is -2.10. The van der Waals surface area contributed by atoms with Crippen molar-refractivity contribution >= 4 is 12.6 Å². The molecule has 0 fully saturated rings. The Morgan fingerprint density at radius 1 is 0.875 bits per heavy atom. The summed E-state index contributed by atoms with van der Waals surface area (Å²) in [4.78, 5) is 19.9. The third-order valence-corrected chi connectivity index (χ3v) is 1.57. The molecule has 0 amide bonds. The van der Waals surface area contributed by atoms with E-state index in [1.165, 1.54) is 14.0 Å². The number of carbonyl (C=O) groups excluding carboxylic acids is 2. The fraction of sp³-hybridized carbons (Fsp3) is 0.385. The lowest BCUT2D eigenvalue weighted by molar-refractivity contribution is -0.136. The quantitative estimate of drug-likeness (QED) is 0.585. The normalized spacial score (nSPS) is 8.75. The SMILES string of the molecule is CC.COC(C)(C=O)C=O.c1ccccc1. The molecule has 0 N–H and O–H groups in total. The van der Waals surface area contributed by atoms with E-state index in [4.69, 9.17) is 0 Å². The molecule has 90 valence electrons. The molecule has 0 radical (unpaired) electrons. The highest BCUT2D eigenvalue weighted by Crippen LogP contribution is 1.97. The smallest absolute Gasteiger partial charge is 0.175 e. The second-order valence-electron chi connectivity index (χ2n) is 2.78. The van der Waals surface area contributed by atoms with Gasteiger partial charge in [-0.2, -0.15) is 0 Å². The van der Waals surface area contributed by atoms with Crippen LogP contribution in [-0.2, 0) is 14.3 Å². The minimum absolute atomic E-state index is 0.458. The highest BCUT2D eigenvalue weighted by Gasteiger charge is 2.20. The third kappa shape index (κ3) is 9.09. The van der Waals surface area contributed by atoms with Gasteiger partial charge in [-0.25, -0.2) is 0 Å². The molecule has 0 aromatic heterocycles. The van der Waals surface area contributed by atoms with E-state index in [0.717, 1.165) is 0 Å². The molecule has 16 heavy (non-hydrogen) atoms. The van der Waals surface area contributed by atoms with Gasteiger partial charge < -0.3 is 4.74 Å². The Balaban J connectivity index is 0. The largest absolute Gasteiger partial charge is 0.363 e. The van der Waals surface area contributed by atoms with Gasteiger partial charge in [-0.05, 0) is 6.92 Å². The van der Waals surface area contributed by atoms with Crippen molar-refractivity contribution in [2.45, 2.75) is 26.4 Å². The lowest BCUT2D eigenvalue weighted by Crippen LogP contribution is -2.30. The van der Waals surface area contributed by atoms with Gasteiger partial charge in [-0.15, -0.1) is 0 Å². The monoisotopic (exact) mass is 224 g/mol. The van der Waals surface area contributed by atoms with Crippen molar-refractivity contribution in [2.75, 3.05) is 7.11 Å². The molecule has 0 saturated heterocycles. The van der Waals surface area contributed by atoms with Crippen molar-refractivity contribution < 1.29 is 14.3 Å². The van der Waals surface area contributed by atoms with E-state index in [1.54, 1.807) is 0 Å². The minimum Gasteiger partial charge on any atom is -0.363 e. The second kappa shape index (κ2) is 11.6. The number of hydrogen-bond donors (Lipinski definition) is 0. The molecule has 1 rings (SSSR count). The van der Waals surface area contributed by atoms with E-state index in [9.17, 15) is 9.59 Å². The topological polar surface area (TPSA) is 43.4 Å². The lowest BCUT2D eigenvalue weighted by atomic mass is 10.2. The van der Waals surface area contributed by atoms with Gasteiger partial charge in [0.15, 0.2) is 18.2 Å². The molecule has 1 aromatic rings. The first-order valence-electron chi connectivity index (χ1n) is 5.16. The van der Waals surface area contributed by atoms with Crippen molar-refractivity contribution in [3.63, 3.8) is 0 Å². The first-order chi connectivity index (χ1) is 7.68. The summed E-state index contributed by atoms with van der Waals surface area (Å²) in [6.07, 6.45) is 0.917. The summed E-state index contributed by atoms with van der Waals surface area (Å²) in [5.41, 5.74) is -1.24. The fourth-order valence-corrected chi connectivity index (χ4v) is 0.509. The zero-order chi connectivity index (χ0) is 12.9. The van der Waals surface area contributed by atoms with E-state index in [2.05, 4.69) is 4.74 Å². The molecule has 3 heteroatoms. The average Bonchev–Trinajstić information content (AvgIpc) is 2.43. The predicted octanol–water partition coefficient (Wildman–Crippen LogP) is 2.50. The van der Waals surface area contributed by atoms with Gasteiger partial charge in [-0.3, -0.25) is 9.59 Å². The van der Waals surface area contributed by atoms with Crippen LogP contribution in [0.2, 0.25) is 0 Å². The molecule has 3 nitrogen and oxygen atoms in total. The Morgan fingerprint density at radius 3 is 1.19 bits per heavy atom. The summed E-state index contributed by atoms with van der Waals surface area (Å²) in [5, 5.41) is 0. The number of carbonyl (C=O) groups is 2. The van der Waals surface area contributed by atoms with Crippen LogP contribution in [0.15, 0.2) is 36.4 Å². The molecule has 1 aromatic carbocycles. The van der Waals surface area contributed by atoms with Crippen LogP contribution in [0.1, 0.15) is 20.8 Å². The maximum atomic E-state index is 9.93. The molecular formula is C13H20O3. The van der Waals surface area contributed by atoms with Gasteiger partial charge in [0.2, 0.25) is 0 Å². The van der Waals surface area contributed by atoms with E-state index >= 15 is 0 Å². The van der Waals surface area contributed by atoms with Gasteiger partial charge in [0.25, 0.3) is 0 Å². The Bertz CT molecular complexity index is 222. The standard InChI is InChI=1S/C6H6.C5H8O3.C2H6/c1-2-4-6-5-3-1;1-5(3-6,4-7)8-2;1-2/h1-6H;3-4H,1-2H3;1-2H3. The van der Waals surface area contributed by atoms with Crippen LogP contribution >= 0.6 is 0 Å². The van der Waals surface area contributed by atoms with Gasteiger partial charge in [-0.1, -0.05) is 50.2 Å². The number of ether oxygens (including phenoxy) is 1. The number of rotatable bonds is 3. The average molecular weight is 224 g/mol. The van der Waals surface area contributed by atoms with Crippen molar-refractivity contribution in [3.8, 4) is 0 Å². The van der Waals surface area contributed by atoms with E-state index in [-0.39, 0.29) is 0 Å². The summed E-state index contributed by atoms with van der Waals surface area (Å²) < 4.78 is 4.50. The van der Waals surface area contributed by atoms with Crippen molar-refractivity contribution in [2.24, 2.45) is 0 Å². The first kappa shape index (κ1) is 16.9. The number of aldehydes is 2. The van der Waals surface area contributed by atoms with Gasteiger partial charge in [0.1, 0.15) is 0 Å². The number of benzene rings is 1. The molecule has 0 atom stereocenters. The molecule has 0 bridgehead atoms. The van der Waals surface area contributed by atoms with E-state index in [1.807, 2.05) is 50.2 Å². The van der Waals surface area contributed by atoms with Crippen molar-refractivity contribution in [1.82, 2.24) is 0 Å². The number of methoxy groups -OCH3 is 1. The molecule has 0 aliphatic heterocycles. The Kier molecular flexibility index (Phi) is 12.3. The highest BCUT2D eigenvalue weighted by molar-refractivity contribution is 5.86. The van der Waals surface area contributed by atoms with E-state index < -0.39 is 5.60 Å². The van der Waals surface area contributed by atoms with Crippen LogP contribution in [0.4, 0.5) is 0 Å². The van der Waals surface area contributed by atoms with Crippen LogP contribution in [0.5, 0.6) is 0 Å². The zero-order valence-corrected chi connectivity index (χ0v) is 10.3. The summed E-state index contributed by atoms with van der Waals surface area (Å²) in [6, 6.07) is 12.0. The molecule has 0 saturated carbocycles. The summed E-state index contributed by atoms with van der Waals surface area (Å²) in [6.45, 7) is 5.40. The first-order valence-corrected chi connectivity index (χ1v) is 5.16. The Morgan fingerprint density at radius 2 is 1.12 bits per heavy atom.